The zero-order chi connectivity index (χ0) is 17.7. The third-order valence-corrected chi connectivity index (χ3v) is 4.05. The quantitative estimate of drug-likeness (QED) is 0.868. The molecule has 0 heterocycles. The number of carbonyl (C=O) groups is 2. The number of nitrogens with one attached hydrogen (secondary N) is 1. The Morgan fingerprint density at radius 1 is 1.08 bits per heavy atom. The van der Waals surface area contributed by atoms with Crippen molar-refractivity contribution in [2.75, 3.05) is 18.0 Å². The van der Waals surface area contributed by atoms with Crippen LogP contribution in [-0.4, -0.2) is 24.9 Å². The summed E-state index contributed by atoms with van der Waals surface area (Å²) in [4.78, 5) is 25.5. The molecule has 2 amide bonds. The van der Waals surface area contributed by atoms with Crippen molar-refractivity contribution in [2.45, 2.75) is 13.8 Å². The Hall–Kier alpha value is -2.04. The van der Waals surface area contributed by atoms with Gasteiger partial charge in [-0.25, -0.2) is 0 Å². The highest BCUT2D eigenvalue weighted by molar-refractivity contribution is 6.36. The van der Waals surface area contributed by atoms with Crippen molar-refractivity contribution in [3.63, 3.8) is 0 Å². The van der Waals surface area contributed by atoms with E-state index in [0.717, 1.165) is 5.56 Å². The number of anilines is 1. The molecule has 0 saturated carbocycles. The summed E-state index contributed by atoms with van der Waals surface area (Å²) in [6.07, 6.45) is 0. The SMILES string of the molecule is CC(=O)N(CCNC(=O)c1ccc(C)cc1)c1ccc(Cl)cc1Cl. The second kappa shape index (κ2) is 8.18. The van der Waals surface area contributed by atoms with Gasteiger partial charge < -0.3 is 10.2 Å². The number of halogens is 2. The van der Waals surface area contributed by atoms with Gasteiger partial charge in [-0.1, -0.05) is 40.9 Å². The third-order valence-electron chi connectivity index (χ3n) is 3.52. The molecule has 0 atom stereocenters. The van der Waals surface area contributed by atoms with Crippen LogP contribution in [0.1, 0.15) is 22.8 Å². The lowest BCUT2D eigenvalue weighted by atomic mass is 10.1. The summed E-state index contributed by atoms with van der Waals surface area (Å²) in [5.41, 5.74) is 2.24. The van der Waals surface area contributed by atoms with Gasteiger partial charge in [0.1, 0.15) is 0 Å². The van der Waals surface area contributed by atoms with Gasteiger partial charge >= 0.3 is 0 Å². The first-order valence-corrected chi connectivity index (χ1v) is 8.22. The number of amides is 2. The predicted octanol–water partition coefficient (Wildman–Crippen LogP) is 4.08. The number of nitrogens with zero attached hydrogens (tertiary/aromatic N) is 1. The number of hydrogen-bond acceptors (Lipinski definition) is 2. The van der Waals surface area contributed by atoms with Crippen LogP contribution < -0.4 is 10.2 Å². The number of carbonyl (C=O) groups excluding carboxylic acids is 2. The molecule has 0 aliphatic heterocycles. The first kappa shape index (κ1) is 18.3. The Balaban J connectivity index is 2.00. The van der Waals surface area contributed by atoms with E-state index in [1.54, 1.807) is 30.3 Å². The van der Waals surface area contributed by atoms with Gasteiger partial charge in [-0.05, 0) is 37.3 Å². The second-order valence-corrected chi connectivity index (χ2v) is 6.23. The molecule has 0 aromatic heterocycles. The lowest BCUT2D eigenvalue weighted by Crippen LogP contribution is -2.37. The number of rotatable bonds is 5. The van der Waals surface area contributed by atoms with E-state index in [4.69, 9.17) is 23.2 Å². The van der Waals surface area contributed by atoms with Crippen LogP contribution in [0.5, 0.6) is 0 Å². The molecule has 0 bridgehead atoms. The van der Waals surface area contributed by atoms with Crippen molar-refractivity contribution in [3.8, 4) is 0 Å². The molecular weight excluding hydrogens is 347 g/mol. The van der Waals surface area contributed by atoms with Gasteiger partial charge in [-0.2, -0.15) is 0 Å². The molecule has 0 spiro atoms. The Morgan fingerprint density at radius 2 is 1.75 bits per heavy atom. The average Bonchev–Trinajstić information content (AvgIpc) is 2.52. The maximum atomic E-state index is 12.1. The smallest absolute Gasteiger partial charge is 0.251 e. The molecule has 0 fully saturated rings. The van der Waals surface area contributed by atoms with Gasteiger partial charge in [-0.15, -0.1) is 0 Å². The van der Waals surface area contributed by atoms with E-state index in [0.29, 0.717) is 34.4 Å². The fraction of sp³-hybridized carbons (Fsp3) is 0.222. The molecule has 0 saturated heterocycles. The molecule has 0 unspecified atom stereocenters. The summed E-state index contributed by atoms with van der Waals surface area (Å²) in [6, 6.07) is 12.2. The molecule has 0 aliphatic carbocycles. The summed E-state index contributed by atoms with van der Waals surface area (Å²) in [7, 11) is 0. The van der Waals surface area contributed by atoms with E-state index in [2.05, 4.69) is 5.32 Å². The summed E-state index contributed by atoms with van der Waals surface area (Å²) in [5.74, 6) is -0.343. The normalized spacial score (nSPS) is 10.3. The maximum Gasteiger partial charge on any atom is 0.251 e. The highest BCUT2D eigenvalue weighted by Gasteiger charge is 2.15. The first-order chi connectivity index (χ1) is 11.4. The number of hydrogen-bond donors (Lipinski definition) is 1. The molecule has 6 heteroatoms. The molecule has 2 rings (SSSR count). The lowest BCUT2D eigenvalue weighted by Gasteiger charge is -2.22. The van der Waals surface area contributed by atoms with Gasteiger partial charge in [0.25, 0.3) is 5.91 Å². The summed E-state index contributed by atoms with van der Waals surface area (Å²) in [6.45, 7) is 4.04. The largest absolute Gasteiger partial charge is 0.350 e. The molecule has 2 aromatic carbocycles. The van der Waals surface area contributed by atoms with Crippen LogP contribution in [0.2, 0.25) is 10.0 Å². The van der Waals surface area contributed by atoms with Crippen molar-refractivity contribution in [2.24, 2.45) is 0 Å². The van der Waals surface area contributed by atoms with Crippen molar-refractivity contribution in [1.82, 2.24) is 5.32 Å². The molecule has 0 radical (unpaired) electrons. The second-order valence-electron chi connectivity index (χ2n) is 5.39. The monoisotopic (exact) mass is 364 g/mol. The fourth-order valence-corrected chi connectivity index (χ4v) is 2.75. The molecular formula is C18H18Cl2N2O2. The average molecular weight is 365 g/mol. The predicted molar refractivity (Wildman–Crippen MR) is 98.0 cm³/mol. The number of benzene rings is 2. The number of aryl methyl sites for hydroxylation is 1. The Morgan fingerprint density at radius 3 is 2.33 bits per heavy atom. The Labute approximate surface area is 151 Å². The van der Waals surface area contributed by atoms with Crippen LogP contribution in [0.4, 0.5) is 5.69 Å². The van der Waals surface area contributed by atoms with Crippen molar-refractivity contribution < 1.29 is 9.59 Å². The zero-order valence-corrected chi connectivity index (χ0v) is 15.0. The van der Waals surface area contributed by atoms with Crippen molar-refractivity contribution in [1.29, 1.82) is 0 Å². The molecule has 0 aliphatic rings. The van der Waals surface area contributed by atoms with E-state index in [-0.39, 0.29) is 11.8 Å². The van der Waals surface area contributed by atoms with Crippen molar-refractivity contribution in [3.05, 3.63) is 63.6 Å². The zero-order valence-electron chi connectivity index (χ0n) is 13.5. The molecule has 2 aromatic rings. The van der Waals surface area contributed by atoms with E-state index < -0.39 is 0 Å². The van der Waals surface area contributed by atoms with Crippen LogP contribution in [0.3, 0.4) is 0 Å². The van der Waals surface area contributed by atoms with Crippen molar-refractivity contribution >= 4 is 40.7 Å². The van der Waals surface area contributed by atoms with Gasteiger partial charge in [-0.3, -0.25) is 9.59 Å². The summed E-state index contributed by atoms with van der Waals surface area (Å²) in [5, 5.41) is 3.69. The third kappa shape index (κ3) is 4.73. The van der Waals surface area contributed by atoms with Crippen LogP contribution in [0.15, 0.2) is 42.5 Å². The molecule has 24 heavy (non-hydrogen) atoms. The fourth-order valence-electron chi connectivity index (χ4n) is 2.24. The van der Waals surface area contributed by atoms with E-state index >= 15 is 0 Å². The first-order valence-electron chi connectivity index (χ1n) is 7.46. The maximum absolute atomic E-state index is 12.1. The van der Waals surface area contributed by atoms with Crippen LogP contribution >= 0.6 is 23.2 Å². The Bertz CT molecular complexity index is 745. The van der Waals surface area contributed by atoms with Gasteiger partial charge in [0, 0.05) is 30.6 Å². The lowest BCUT2D eigenvalue weighted by molar-refractivity contribution is -0.116. The van der Waals surface area contributed by atoms with Crippen LogP contribution in [0.25, 0.3) is 0 Å². The minimum atomic E-state index is -0.180. The topological polar surface area (TPSA) is 49.4 Å². The van der Waals surface area contributed by atoms with Crippen LogP contribution in [-0.2, 0) is 4.79 Å². The Kier molecular flexibility index (Phi) is 6.23. The van der Waals surface area contributed by atoms with E-state index in [1.807, 2.05) is 19.1 Å². The van der Waals surface area contributed by atoms with Crippen LogP contribution in [0, 0.1) is 6.92 Å². The van der Waals surface area contributed by atoms with Gasteiger partial charge in [0.2, 0.25) is 5.91 Å². The molecule has 126 valence electrons. The summed E-state index contributed by atoms with van der Waals surface area (Å²) < 4.78 is 0. The standard InChI is InChI=1S/C18H18Cl2N2O2/c1-12-3-5-14(6-4-12)18(24)21-9-10-22(13(2)23)17-8-7-15(19)11-16(17)20/h3-8,11H,9-10H2,1-2H3,(H,21,24). The minimum absolute atomic E-state index is 0.163. The highest BCUT2D eigenvalue weighted by atomic mass is 35.5. The summed E-state index contributed by atoms with van der Waals surface area (Å²) >= 11 is 12.0. The highest BCUT2D eigenvalue weighted by Crippen LogP contribution is 2.28. The van der Waals surface area contributed by atoms with E-state index in [1.165, 1.54) is 11.8 Å². The molecule has 1 N–H and O–H groups in total. The van der Waals surface area contributed by atoms with Gasteiger partial charge in [0.15, 0.2) is 0 Å². The van der Waals surface area contributed by atoms with Gasteiger partial charge in [0.05, 0.1) is 10.7 Å². The van der Waals surface area contributed by atoms with E-state index in [9.17, 15) is 9.59 Å². The molecule has 4 nitrogen and oxygen atoms in total. The minimum Gasteiger partial charge on any atom is -0.350 e.